The number of benzene rings is 1. The van der Waals surface area contributed by atoms with Gasteiger partial charge in [-0.1, -0.05) is 12.1 Å². The first-order valence-corrected chi connectivity index (χ1v) is 10.7. The Hall–Kier alpha value is -2.94. The quantitative estimate of drug-likeness (QED) is 0.651. The predicted molar refractivity (Wildman–Crippen MR) is 111 cm³/mol. The van der Waals surface area contributed by atoms with Crippen LogP contribution in [0.1, 0.15) is 32.6 Å². The molecule has 166 valence electrons. The summed E-state index contributed by atoms with van der Waals surface area (Å²) in [7, 11) is 1.34. The average Bonchev–Trinajstić information content (AvgIpc) is 3.32. The van der Waals surface area contributed by atoms with Crippen molar-refractivity contribution >= 4 is 28.8 Å². The summed E-state index contributed by atoms with van der Waals surface area (Å²) in [6.07, 6.45) is 3.17. The standard InChI is InChI=1S/C22H28N4O5/c1-3-31-26-20(28)14-16(21(29)30-2)22(26)9-12-24(13-10-22)19(27)8-11-25-15-23-17-6-4-5-7-18(17)25/h4-7,15-16H,3,8-14H2,1-2H3. The molecule has 0 saturated carbocycles. The summed E-state index contributed by atoms with van der Waals surface area (Å²) in [5.74, 6) is -1.13. The maximum Gasteiger partial charge on any atom is 0.311 e. The Morgan fingerprint density at radius 1 is 1.23 bits per heavy atom. The molecule has 0 radical (unpaired) electrons. The van der Waals surface area contributed by atoms with Crippen molar-refractivity contribution in [1.29, 1.82) is 0 Å². The summed E-state index contributed by atoms with van der Waals surface area (Å²) in [5, 5.41) is 1.38. The van der Waals surface area contributed by atoms with Crippen LogP contribution in [0.3, 0.4) is 0 Å². The number of hydroxylamine groups is 2. The normalized spacial score (nSPS) is 20.6. The minimum absolute atomic E-state index is 0.0505. The van der Waals surface area contributed by atoms with Gasteiger partial charge in [0.25, 0.3) is 0 Å². The number of nitrogens with zero attached hydrogens (tertiary/aromatic N) is 4. The molecule has 0 aliphatic carbocycles. The highest BCUT2D eigenvalue weighted by atomic mass is 16.7. The highest BCUT2D eigenvalue weighted by Crippen LogP contribution is 2.44. The Morgan fingerprint density at radius 2 is 1.97 bits per heavy atom. The first kappa shape index (κ1) is 21.3. The lowest BCUT2D eigenvalue weighted by Crippen LogP contribution is -2.58. The number of imidazole rings is 1. The van der Waals surface area contributed by atoms with Gasteiger partial charge in [-0.15, -0.1) is 0 Å². The smallest absolute Gasteiger partial charge is 0.311 e. The van der Waals surface area contributed by atoms with Crippen LogP contribution in [0, 0.1) is 5.92 Å². The zero-order chi connectivity index (χ0) is 22.0. The maximum atomic E-state index is 12.9. The summed E-state index contributed by atoms with van der Waals surface area (Å²) in [6, 6.07) is 7.83. The van der Waals surface area contributed by atoms with Crippen LogP contribution in [0.15, 0.2) is 30.6 Å². The molecule has 2 amide bonds. The summed E-state index contributed by atoms with van der Waals surface area (Å²) >= 11 is 0. The molecule has 1 unspecified atom stereocenters. The molecular formula is C22H28N4O5. The summed E-state index contributed by atoms with van der Waals surface area (Å²) < 4.78 is 6.95. The predicted octanol–water partition coefficient (Wildman–Crippen LogP) is 1.76. The number of hydrogen-bond donors (Lipinski definition) is 0. The Kier molecular flexibility index (Phi) is 5.95. The zero-order valence-electron chi connectivity index (χ0n) is 18.0. The van der Waals surface area contributed by atoms with E-state index in [-0.39, 0.29) is 18.2 Å². The average molecular weight is 428 g/mol. The van der Waals surface area contributed by atoms with E-state index in [1.165, 1.54) is 12.2 Å². The lowest BCUT2D eigenvalue weighted by molar-refractivity contribution is -0.221. The third-order valence-electron chi connectivity index (χ3n) is 6.48. The second-order valence-electron chi connectivity index (χ2n) is 8.05. The molecule has 9 heteroatoms. The van der Waals surface area contributed by atoms with E-state index in [0.29, 0.717) is 45.5 Å². The zero-order valence-corrected chi connectivity index (χ0v) is 18.0. The van der Waals surface area contributed by atoms with Gasteiger partial charge in [-0.05, 0) is 31.9 Å². The Labute approximate surface area is 180 Å². The Balaban J connectivity index is 1.42. The molecule has 2 saturated heterocycles. The molecule has 1 aromatic heterocycles. The van der Waals surface area contributed by atoms with Gasteiger partial charge >= 0.3 is 5.97 Å². The number of fused-ring (bicyclic) bond motifs is 1. The third kappa shape index (κ3) is 3.78. The van der Waals surface area contributed by atoms with E-state index in [9.17, 15) is 14.4 Å². The van der Waals surface area contributed by atoms with E-state index >= 15 is 0 Å². The highest BCUT2D eigenvalue weighted by Gasteiger charge is 2.58. The lowest BCUT2D eigenvalue weighted by Gasteiger charge is -2.45. The van der Waals surface area contributed by atoms with Crippen LogP contribution in [-0.4, -0.2) is 69.6 Å². The molecule has 3 heterocycles. The summed E-state index contributed by atoms with van der Waals surface area (Å²) in [6.45, 7) is 3.63. The van der Waals surface area contributed by atoms with Crippen molar-refractivity contribution in [3.8, 4) is 0 Å². The molecule has 0 bridgehead atoms. The monoisotopic (exact) mass is 428 g/mol. The van der Waals surface area contributed by atoms with Crippen LogP contribution in [0.25, 0.3) is 11.0 Å². The first-order valence-electron chi connectivity index (χ1n) is 10.7. The SMILES string of the molecule is CCON1C(=O)CC(C(=O)OC)C12CCN(C(=O)CCn1cnc3ccccc31)CC2. The number of hydrogen-bond acceptors (Lipinski definition) is 6. The van der Waals surface area contributed by atoms with Crippen LogP contribution < -0.4 is 0 Å². The topological polar surface area (TPSA) is 94.0 Å². The minimum atomic E-state index is -0.752. The number of carbonyl (C=O) groups is 3. The van der Waals surface area contributed by atoms with Gasteiger partial charge in [0, 0.05) is 32.5 Å². The Morgan fingerprint density at radius 3 is 2.68 bits per heavy atom. The van der Waals surface area contributed by atoms with Gasteiger partial charge in [0.2, 0.25) is 11.8 Å². The number of methoxy groups -OCH3 is 1. The number of piperidine rings is 1. The van der Waals surface area contributed by atoms with Gasteiger partial charge in [0.05, 0.1) is 42.5 Å². The molecule has 2 aromatic rings. The van der Waals surface area contributed by atoms with Gasteiger partial charge in [-0.2, -0.15) is 0 Å². The van der Waals surface area contributed by atoms with Crippen molar-refractivity contribution in [3.63, 3.8) is 0 Å². The number of ether oxygens (including phenoxy) is 1. The molecule has 1 aromatic carbocycles. The number of carbonyl (C=O) groups excluding carboxylic acids is 3. The minimum Gasteiger partial charge on any atom is -0.469 e. The highest BCUT2D eigenvalue weighted by molar-refractivity contribution is 5.88. The van der Waals surface area contributed by atoms with Gasteiger partial charge < -0.3 is 14.2 Å². The molecule has 1 atom stereocenters. The maximum absolute atomic E-state index is 12.9. The first-order chi connectivity index (χ1) is 15.0. The molecule has 1 spiro atoms. The van der Waals surface area contributed by atoms with E-state index < -0.39 is 17.4 Å². The second kappa shape index (κ2) is 8.66. The molecule has 2 fully saturated rings. The van der Waals surface area contributed by atoms with Crippen LogP contribution in [0.4, 0.5) is 0 Å². The van der Waals surface area contributed by atoms with E-state index in [1.54, 1.807) is 6.33 Å². The van der Waals surface area contributed by atoms with Crippen LogP contribution in [0.5, 0.6) is 0 Å². The van der Waals surface area contributed by atoms with Crippen molar-refractivity contribution < 1.29 is 24.0 Å². The molecule has 2 aliphatic rings. The largest absolute Gasteiger partial charge is 0.469 e. The number of likely N-dealkylation sites (tertiary alicyclic amines) is 1. The number of esters is 1. The molecule has 31 heavy (non-hydrogen) atoms. The van der Waals surface area contributed by atoms with E-state index in [0.717, 1.165) is 11.0 Å². The van der Waals surface area contributed by atoms with Crippen LogP contribution >= 0.6 is 0 Å². The fraction of sp³-hybridized carbons (Fsp3) is 0.545. The van der Waals surface area contributed by atoms with Gasteiger partial charge in [-0.3, -0.25) is 19.2 Å². The second-order valence-corrected chi connectivity index (χ2v) is 8.05. The number of amides is 2. The van der Waals surface area contributed by atoms with Crippen molar-refractivity contribution in [3.05, 3.63) is 30.6 Å². The van der Waals surface area contributed by atoms with E-state index in [2.05, 4.69) is 4.98 Å². The van der Waals surface area contributed by atoms with E-state index in [4.69, 9.17) is 9.57 Å². The molecule has 9 nitrogen and oxygen atoms in total. The number of rotatable bonds is 6. The molecule has 2 aliphatic heterocycles. The summed E-state index contributed by atoms with van der Waals surface area (Å²) in [4.78, 5) is 49.6. The number of para-hydroxylation sites is 2. The van der Waals surface area contributed by atoms with Gasteiger partial charge in [0.1, 0.15) is 0 Å². The van der Waals surface area contributed by atoms with Crippen LogP contribution in [0.2, 0.25) is 0 Å². The van der Waals surface area contributed by atoms with E-state index in [1.807, 2.05) is 40.7 Å². The Bertz CT molecular complexity index is 979. The van der Waals surface area contributed by atoms with Gasteiger partial charge in [-0.25, -0.2) is 10.0 Å². The van der Waals surface area contributed by atoms with Crippen molar-refractivity contribution in [2.45, 2.75) is 44.7 Å². The lowest BCUT2D eigenvalue weighted by atomic mass is 9.77. The number of aryl methyl sites for hydroxylation is 1. The van der Waals surface area contributed by atoms with Crippen molar-refractivity contribution in [2.75, 3.05) is 26.8 Å². The third-order valence-corrected chi connectivity index (χ3v) is 6.48. The van der Waals surface area contributed by atoms with Crippen molar-refractivity contribution in [2.24, 2.45) is 5.92 Å². The van der Waals surface area contributed by atoms with Crippen LogP contribution in [-0.2, 0) is 30.5 Å². The fourth-order valence-corrected chi connectivity index (χ4v) is 4.87. The fourth-order valence-electron chi connectivity index (χ4n) is 4.87. The molecule has 0 N–H and O–H groups in total. The van der Waals surface area contributed by atoms with Crippen molar-refractivity contribution in [1.82, 2.24) is 19.5 Å². The molecule has 4 rings (SSSR count). The number of aromatic nitrogens is 2. The molecular weight excluding hydrogens is 400 g/mol. The summed E-state index contributed by atoms with van der Waals surface area (Å²) in [5.41, 5.74) is 1.16. The van der Waals surface area contributed by atoms with Gasteiger partial charge in [0.15, 0.2) is 0 Å².